The van der Waals surface area contributed by atoms with Crippen LogP contribution < -0.4 is 0 Å². The minimum atomic E-state index is -1.27. The van der Waals surface area contributed by atoms with Gasteiger partial charge in [0, 0.05) is 18.5 Å². The number of hydrogen-bond acceptors (Lipinski definition) is 4. The number of carbonyl (C=O) groups excluding carboxylic acids is 2. The highest BCUT2D eigenvalue weighted by Gasteiger charge is 2.14. The van der Waals surface area contributed by atoms with Crippen molar-refractivity contribution in [1.82, 2.24) is 0 Å². The van der Waals surface area contributed by atoms with Gasteiger partial charge in [-0.3, -0.25) is 4.79 Å². The molecule has 5 heteroatoms. The average molecular weight is 318 g/mol. The lowest BCUT2D eigenvalue weighted by atomic mass is 10.1. The van der Waals surface area contributed by atoms with Crippen molar-refractivity contribution < 1.29 is 19.1 Å². The SMILES string of the molecule is COC(=O)c1ccc(C(C#CC[Si](C)(C)C)OC(C)=O)cc1. The van der Waals surface area contributed by atoms with Crippen LogP contribution in [-0.4, -0.2) is 27.1 Å². The van der Waals surface area contributed by atoms with Crippen molar-refractivity contribution in [3.8, 4) is 11.8 Å². The Morgan fingerprint density at radius 3 is 2.23 bits per heavy atom. The third-order valence-electron chi connectivity index (χ3n) is 2.77. The van der Waals surface area contributed by atoms with E-state index >= 15 is 0 Å². The Kier molecular flexibility index (Phi) is 6.38. The van der Waals surface area contributed by atoms with Gasteiger partial charge in [0.2, 0.25) is 0 Å². The first-order chi connectivity index (χ1) is 10.2. The molecule has 0 heterocycles. The maximum atomic E-state index is 11.4. The summed E-state index contributed by atoms with van der Waals surface area (Å²) in [6.07, 6.45) is -0.611. The van der Waals surface area contributed by atoms with Gasteiger partial charge >= 0.3 is 11.9 Å². The van der Waals surface area contributed by atoms with Crippen molar-refractivity contribution >= 4 is 20.0 Å². The fourth-order valence-electron chi connectivity index (χ4n) is 1.67. The molecule has 1 aromatic carbocycles. The van der Waals surface area contributed by atoms with E-state index in [1.807, 2.05) is 0 Å². The summed E-state index contributed by atoms with van der Waals surface area (Å²) in [5, 5.41) is 0. The lowest BCUT2D eigenvalue weighted by Crippen LogP contribution is -2.17. The van der Waals surface area contributed by atoms with Crippen molar-refractivity contribution in [3.05, 3.63) is 35.4 Å². The molecule has 4 nitrogen and oxygen atoms in total. The fourth-order valence-corrected chi connectivity index (χ4v) is 2.30. The Balaban J connectivity index is 2.96. The van der Waals surface area contributed by atoms with Gasteiger partial charge in [-0.25, -0.2) is 4.79 Å². The monoisotopic (exact) mass is 318 g/mol. The Labute approximate surface area is 132 Å². The summed E-state index contributed by atoms with van der Waals surface area (Å²) in [7, 11) is 0.0641. The van der Waals surface area contributed by atoms with Crippen molar-refractivity contribution in [2.75, 3.05) is 7.11 Å². The second-order valence-electron chi connectivity index (χ2n) is 6.16. The second-order valence-corrected chi connectivity index (χ2v) is 11.6. The van der Waals surface area contributed by atoms with Gasteiger partial charge in [-0.1, -0.05) is 37.7 Å². The summed E-state index contributed by atoms with van der Waals surface area (Å²) in [5.74, 6) is 5.35. The molecule has 1 atom stereocenters. The van der Waals surface area contributed by atoms with Crippen LogP contribution in [0.2, 0.25) is 25.7 Å². The number of benzene rings is 1. The minimum Gasteiger partial charge on any atom is -0.465 e. The predicted molar refractivity (Wildman–Crippen MR) is 88.2 cm³/mol. The van der Waals surface area contributed by atoms with E-state index < -0.39 is 20.1 Å². The zero-order chi connectivity index (χ0) is 16.8. The third kappa shape index (κ3) is 6.14. The zero-order valence-corrected chi connectivity index (χ0v) is 14.7. The topological polar surface area (TPSA) is 52.6 Å². The molecule has 0 saturated heterocycles. The molecule has 0 aromatic heterocycles. The number of carbonyl (C=O) groups is 2. The van der Waals surface area contributed by atoms with Crippen LogP contribution in [0.25, 0.3) is 0 Å². The van der Waals surface area contributed by atoms with E-state index in [4.69, 9.17) is 4.74 Å². The normalized spacial score (nSPS) is 11.9. The summed E-state index contributed by atoms with van der Waals surface area (Å²) in [5.41, 5.74) is 1.19. The molecular weight excluding hydrogens is 296 g/mol. The van der Waals surface area contributed by atoms with Gasteiger partial charge in [-0.2, -0.15) is 0 Å². The summed E-state index contributed by atoms with van der Waals surface area (Å²) < 4.78 is 9.92. The van der Waals surface area contributed by atoms with Crippen LogP contribution in [0.15, 0.2) is 24.3 Å². The van der Waals surface area contributed by atoms with Crippen molar-refractivity contribution in [2.45, 2.75) is 38.7 Å². The molecule has 0 bridgehead atoms. The molecule has 1 unspecified atom stereocenters. The smallest absolute Gasteiger partial charge is 0.337 e. The van der Waals surface area contributed by atoms with Gasteiger partial charge < -0.3 is 9.47 Å². The van der Waals surface area contributed by atoms with E-state index in [1.54, 1.807) is 24.3 Å². The highest BCUT2D eigenvalue weighted by Crippen LogP contribution is 2.18. The number of methoxy groups -OCH3 is 1. The molecule has 0 radical (unpaired) electrons. The quantitative estimate of drug-likeness (QED) is 0.485. The average Bonchev–Trinajstić information content (AvgIpc) is 2.44. The molecule has 0 aliphatic carbocycles. The van der Waals surface area contributed by atoms with Crippen molar-refractivity contribution in [1.29, 1.82) is 0 Å². The van der Waals surface area contributed by atoms with E-state index in [1.165, 1.54) is 14.0 Å². The standard InChI is InChI=1S/C17H22O4Si/c1-13(18)21-16(7-6-12-22(3,4)5)14-8-10-15(11-9-14)17(19)20-2/h8-11,16H,12H2,1-5H3. The Morgan fingerprint density at radius 1 is 1.18 bits per heavy atom. The number of esters is 2. The molecule has 0 N–H and O–H groups in total. The van der Waals surface area contributed by atoms with Gasteiger partial charge in [0.1, 0.15) is 0 Å². The fraction of sp³-hybridized carbons (Fsp3) is 0.412. The number of hydrogen-bond donors (Lipinski definition) is 0. The first-order valence-electron chi connectivity index (χ1n) is 7.07. The van der Waals surface area contributed by atoms with Gasteiger partial charge in [0.15, 0.2) is 6.10 Å². The lowest BCUT2D eigenvalue weighted by molar-refractivity contribution is -0.144. The molecule has 0 fully saturated rings. The maximum Gasteiger partial charge on any atom is 0.337 e. The Morgan fingerprint density at radius 2 is 1.77 bits per heavy atom. The molecule has 22 heavy (non-hydrogen) atoms. The largest absolute Gasteiger partial charge is 0.465 e. The van der Waals surface area contributed by atoms with E-state index in [2.05, 4.69) is 36.2 Å². The highest BCUT2D eigenvalue weighted by molar-refractivity contribution is 6.76. The lowest BCUT2D eigenvalue weighted by Gasteiger charge is -2.13. The van der Waals surface area contributed by atoms with Gasteiger partial charge in [-0.15, -0.1) is 5.92 Å². The zero-order valence-electron chi connectivity index (χ0n) is 13.7. The van der Waals surface area contributed by atoms with E-state index in [0.717, 1.165) is 11.6 Å². The summed E-state index contributed by atoms with van der Waals surface area (Å²) in [6.45, 7) is 8.05. The van der Waals surface area contributed by atoms with Crippen LogP contribution in [0, 0.1) is 11.8 Å². The molecule has 0 aliphatic rings. The van der Waals surface area contributed by atoms with E-state index in [9.17, 15) is 9.59 Å². The first kappa shape index (κ1) is 18.0. The van der Waals surface area contributed by atoms with Crippen molar-refractivity contribution in [3.63, 3.8) is 0 Å². The summed E-state index contributed by atoms with van der Waals surface area (Å²) in [4.78, 5) is 22.7. The molecule has 0 amide bonds. The van der Waals surface area contributed by atoms with Crippen LogP contribution in [0.5, 0.6) is 0 Å². The second kappa shape index (κ2) is 7.81. The van der Waals surface area contributed by atoms with Crippen LogP contribution in [0.3, 0.4) is 0 Å². The minimum absolute atomic E-state index is 0.385. The molecule has 118 valence electrons. The Bertz CT molecular complexity index is 588. The highest BCUT2D eigenvalue weighted by atomic mass is 28.3. The van der Waals surface area contributed by atoms with Gasteiger partial charge in [-0.05, 0) is 12.1 Å². The number of ether oxygens (including phenoxy) is 2. The molecular formula is C17H22O4Si. The van der Waals surface area contributed by atoms with Crippen molar-refractivity contribution in [2.24, 2.45) is 0 Å². The molecule has 1 rings (SSSR count). The summed E-state index contributed by atoms with van der Waals surface area (Å²) in [6, 6.07) is 7.56. The van der Waals surface area contributed by atoms with E-state index in [-0.39, 0.29) is 5.97 Å². The summed E-state index contributed by atoms with van der Waals surface area (Å²) >= 11 is 0. The Hall–Kier alpha value is -2.06. The third-order valence-corrected chi connectivity index (χ3v) is 4.01. The van der Waals surface area contributed by atoms with Gasteiger partial charge in [0.05, 0.1) is 20.7 Å². The van der Waals surface area contributed by atoms with Crippen LogP contribution >= 0.6 is 0 Å². The van der Waals surface area contributed by atoms with Crippen LogP contribution in [-0.2, 0) is 14.3 Å². The van der Waals surface area contributed by atoms with E-state index in [0.29, 0.717) is 5.56 Å². The molecule has 0 spiro atoms. The predicted octanol–water partition coefficient (Wildman–Crippen LogP) is 3.42. The maximum absolute atomic E-state index is 11.4. The molecule has 1 aromatic rings. The van der Waals surface area contributed by atoms with Crippen LogP contribution in [0.4, 0.5) is 0 Å². The molecule has 0 saturated carbocycles. The molecule has 0 aliphatic heterocycles. The van der Waals surface area contributed by atoms with Gasteiger partial charge in [0.25, 0.3) is 0 Å². The number of rotatable bonds is 4. The first-order valence-corrected chi connectivity index (χ1v) is 10.8. The van der Waals surface area contributed by atoms with Crippen LogP contribution in [0.1, 0.15) is 28.9 Å².